The highest BCUT2D eigenvalue weighted by Gasteiger charge is 2.30. The SMILES string of the molecule is Cc1noc(-c2ccc(-c3ccccc3)cc2)c1C(O)COCc1cccc(C(F)(F)F)c1. The van der Waals surface area contributed by atoms with Crippen molar-refractivity contribution in [1.29, 1.82) is 0 Å². The Morgan fingerprint density at radius 1 is 0.909 bits per heavy atom. The number of aromatic nitrogens is 1. The number of hydrogen-bond donors (Lipinski definition) is 1. The minimum Gasteiger partial charge on any atom is -0.386 e. The fraction of sp³-hybridized carbons (Fsp3) is 0.192. The Morgan fingerprint density at radius 3 is 2.27 bits per heavy atom. The smallest absolute Gasteiger partial charge is 0.386 e. The minimum absolute atomic E-state index is 0.0631. The van der Waals surface area contributed by atoms with Crippen LogP contribution in [0.25, 0.3) is 22.5 Å². The quantitative estimate of drug-likeness (QED) is 0.343. The molecule has 4 rings (SSSR count). The van der Waals surface area contributed by atoms with Gasteiger partial charge in [-0.15, -0.1) is 0 Å². The molecular weight excluding hydrogens is 431 g/mol. The number of ether oxygens (including phenoxy) is 1. The molecule has 3 aromatic carbocycles. The van der Waals surface area contributed by atoms with Crippen molar-refractivity contribution >= 4 is 0 Å². The summed E-state index contributed by atoms with van der Waals surface area (Å²) >= 11 is 0. The standard InChI is InChI=1S/C26H22F3NO3/c1-17-24(23(31)16-32-15-18-6-5-9-22(14-18)26(27,28)29)25(33-30-17)21-12-10-20(11-13-21)19-7-3-2-4-8-19/h2-14,23,31H,15-16H2,1H3. The molecule has 0 amide bonds. The number of halogens is 3. The first-order chi connectivity index (χ1) is 15.8. The van der Waals surface area contributed by atoms with Gasteiger partial charge < -0.3 is 14.4 Å². The summed E-state index contributed by atoms with van der Waals surface area (Å²) in [5.41, 5.74) is 3.53. The van der Waals surface area contributed by atoms with Gasteiger partial charge in [0, 0.05) is 5.56 Å². The van der Waals surface area contributed by atoms with E-state index in [4.69, 9.17) is 9.26 Å². The van der Waals surface area contributed by atoms with E-state index in [1.807, 2.05) is 54.6 Å². The number of aliphatic hydroxyl groups is 1. The highest BCUT2D eigenvalue weighted by atomic mass is 19.4. The average molecular weight is 453 g/mol. The first-order valence-electron chi connectivity index (χ1n) is 10.4. The van der Waals surface area contributed by atoms with Crippen molar-refractivity contribution in [2.75, 3.05) is 6.61 Å². The Balaban J connectivity index is 1.45. The third-order valence-electron chi connectivity index (χ3n) is 5.29. The molecule has 0 aliphatic rings. The summed E-state index contributed by atoms with van der Waals surface area (Å²) < 4.78 is 49.6. The minimum atomic E-state index is -4.42. The van der Waals surface area contributed by atoms with E-state index < -0.39 is 17.8 Å². The number of aliphatic hydroxyl groups excluding tert-OH is 1. The number of hydrogen-bond acceptors (Lipinski definition) is 4. The lowest BCUT2D eigenvalue weighted by molar-refractivity contribution is -0.137. The molecule has 4 aromatic rings. The first-order valence-corrected chi connectivity index (χ1v) is 10.4. The average Bonchev–Trinajstić information content (AvgIpc) is 3.21. The fourth-order valence-corrected chi connectivity index (χ4v) is 3.63. The van der Waals surface area contributed by atoms with Crippen LogP contribution in [0.2, 0.25) is 0 Å². The molecule has 4 nitrogen and oxygen atoms in total. The fourth-order valence-electron chi connectivity index (χ4n) is 3.63. The second-order valence-corrected chi connectivity index (χ2v) is 7.68. The maximum Gasteiger partial charge on any atom is 0.416 e. The van der Waals surface area contributed by atoms with Gasteiger partial charge in [0.25, 0.3) is 0 Å². The topological polar surface area (TPSA) is 55.5 Å². The Hall–Kier alpha value is -3.42. The number of benzene rings is 3. The van der Waals surface area contributed by atoms with Crippen LogP contribution in [0, 0.1) is 6.92 Å². The van der Waals surface area contributed by atoms with Crippen molar-refractivity contribution in [3.8, 4) is 22.5 Å². The van der Waals surface area contributed by atoms with Gasteiger partial charge >= 0.3 is 6.18 Å². The second kappa shape index (κ2) is 9.60. The molecule has 0 saturated carbocycles. The van der Waals surface area contributed by atoms with Gasteiger partial charge in [-0.25, -0.2) is 0 Å². The molecule has 0 spiro atoms. The van der Waals surface area contributed by atoms with Crippen LogP contribution in [0.15, 0.2) is 83.4 Å². The van der Waals surface area contributed by atoms with Crippen molar-refractivity contribution in [3.05, 3.63) is 101 Å². The summed E-state index contributed by atoms with van der Waals surface area (Å²) in [6.45, 7) is 1.54. The van der Waals surface area contributed by atoms with E-state index in [0.29, 0.717) is 22.6 Å². The highest BCUT2D eigenvalue weighted by Crippen LogP contribution is 2.33. The van der Waals surface area contributed by atoms with Crippen LogP contribution in [0.5, 0.6) is 0 Å². The Kier molecular flexibility index (Phi) is 6.62. The lowest BCUT2D eigenvalue weighted by Gasteiger charge is -2.13. The van der Waals surface area contributed by atoms with Gasteiger partial charge in [0.15, 0.2) is 5.76 Å². The van der Waals surface area contributed by atoms with Gasteiger partial charge in [-0.2, -0.15) is 13.2 Å². The molecule has 1 N–H and O–H groups in total. The van der Waals surface area contributed by atoms with Crippen LogP contribution in [-0.2, 0) is 17.5 Å². The van der Waals surface area contributed by atoms with Gasteiger partial charge in [0.2, 0.25) is 0 Å². The van der Waals surface area contributed by atoms with Crippen LogP contribution in [-0.4, -0.2) is 16.9 Å². The van der Waals surface area contributed by atoms with Crippen molar-refractivity contribution in [2.24, 2.45) is 0 Å². The first kappa shape index (κ1) is 22.8. The van der Waals surface area contributed by atoms with Crippen molar-refractivity contribution < 1.29 is 27.5 Å². The summed E-state index contributed by atoms with van der Waals surface area (Å²) in [7, 11) is 0. The zero-order valence-corrected chi connectivity index (χ0v) is 17.8. The third kappa shape index (κ3) is 5.32. The third-order valence-corrected chi connectivity index (χ3v) is 5.29. The summed E-state index contributed by atoms with van der Waals surface area (Å²) in [5, 5.41) is 14.7. The van der Waals surface area contributed by atoms with E-state index >= 15 is 0 Å². The summed E-state index contributed by atoms with van der Waals surface area (Å²) in [5.74, 6) is 0.433. The maximum absolute atomic E-state index is 12.9. The van der Waals surface area contributed by atoms with E-state index in [9.17, 15) is 18.3 Å². The summed E-state index contributed by atoms with van der Waals surface area (Å²) in [6.07, 6.45) is -5.47. The number of aryl methyl sites for hydroxylation is 1. The van der Waals surface area contributed by atoms with Gasteiger partial charge in [-0.1, -0.05) is 71.9 Å². The molecule has 1 heterocycles. The molecule has 7 heteroatoms. The molecular formula is C26H22F3NO3. The van der Waals surface area contributed by atoms with E-state index in [1.54, 1.807) is 13.0 Å². The van der Waals surface area contributed by atoms with Crippen LogP contribution in [0.4, 0.5) is 13.2 Å². The van der Waals surface area contributed by atoms with E-state index in [0.717, 1.165) is 28.8 Å². The van der Waals surface area contributed by atoms with Gasteiger partial charge in [-0.3, -0.25) is 0 Å². The van der Waals surface area contributed by atoms with Crippen LogP contribution in [0.1, 0.15) is 28.5 Å². The predicted octanol–water partition coefficient (Wildman–Crippen LogP) is 6.59. The highest BCUT2D eigenvalue weighted by molar-refractivity contribution is 5.69. The molecule has 0 saturated heterocycles. The zero-order valence-electron chi connectivity index (χ0n) is 17.8. The Morgan fingerprint density at radius 2 is 1.58 bits per heavy atom. The van der Waals surface area contributed by atoms with Gasteiger partial charge in [0.1, 0.15) is 6.10 Å². The van der Waals surface area contributed by atoms with E-state index in [2.05, 4.69) is 5.16 Å². The van der Waals surface area contributed by atoms with E-state index in [1.165, 1.54) is 6.07 Å². The molecule has 33 heavy (non-hydrogen) atoms. The molecule has 0 radical (unpaired) electrons. The second-order valence-electron chi connectivity index (χ2n) is 7.68. The molecule has 1 atom stereocenters. The normalized spacial score (nSPS) is 12.6. The van der Waals surface area contributed by atoms with Crippen molar-refractivity contribution in [1.82, 2.24) is 5.16 Å². The zero-order chi connectivity index (χ0) is 23.4. The van der Waals surface area contributed by atoms with Crippen LogP contribution >= 0.6 is 0 Å². The number of alkyl halides is 3. The lowest BCUT2D eigenvalue weighted by Crippen LogP contribution is -2.10. The molecule has 0 aliphatic carbocycles. The monoisotopic (exact) mass is 453 g/mol. The Bertz CT molecular complexity index is 1200. The Labute approximate surface area is 189 Å². The molecule has 0 fully saturated rings. The maximum atomic E-state index is 12.9. The predicted molar refractivity (Wildman–Crippen MR) is 118 cm³/mol. The van der Waals surface area contributed by atoms with Crippen LogP contribution < -0.4 is 0 Å². The molecule has 170 valence electrons. The summed E-state index contributed by atoms with van der Waals surface area (Å²) in [4.78, 5) is 0. The summed E-state index contributed by atoms with van der Waals surface area (Å²) in [6, 6.07) is 22.6. The largest absolute Gasteiger partial charge is 0.416 e. The van der Waals surface area contributed by atoms with Crippen LogP contribution in [0.3, 0.4) is 0 Å². The molecule has 1 unspecified atom stereocenters. The van der Waals surface area contributed by atoms with Gasteiger partial charge in [-0.05, 0) is 35.7 Å². The molecule has 0 bridgehead atoms. The molecule has 1 aromatic heterocycles. The lowest BCUT2D eigenvalue weighted by atomic mass is 9.99. The van der Waals surface area contributed by atoms with E-state index in [-0.39, 0.29) is 13.2 Å². The molecule has 0 aliphatic heterocycles. The van der Waals surface area contributed by atoms with Crippen molar-refractivity contribution in [3.63, 3.8) is 0 Å². The number of rotatable bonds is 7. The van der Waals surface area contributed by atoms with Gasteiger partial charge in [0.05, 0.1) is 30.0 Å². The number of nitrogens with zero attached hydrogens (tertiary/aromatic N) is 1. The van der Waals surface area contributed by atoms with Crippen molar-refractivity contribution in [2.45, 2.75) is 25.8 Å².